The van der Waals surface area contributed by atoms with Gasteiger partial charge in [0.05, 0.1) is 13.2 Å². The van der Waals surface area contributed by atoms with Gasteiger partial charge >= 0.3 is 0 Å². The molecule has 3 nitrogen and oxygen atoms in total. The van der Waals surface area contributed by atoms with E-state index in [1.807, 2.05) is 19.9 Å². The van der Waals surface area contributed by atoms with Crippen LogP contribution in [-0.2, 0) is 0 Å². The van der Waals surface area contributed by atoms with E-state index in [9.17, 15) is 5.11 Å². The molecule has 1 aromatic rings. The van der Waals surface area contributed by atoms with Crippen LogP contribution >= 0.6 is 11.6 Å². The number of aliphatic hydroxyl groups excluding tert-OH is 1. The fourth-order valence-corrected chi connectivity index (χ4v) is 2.63. The number of methoxy groups -OCH3 is 1. The maximum absolute atomic E-state index is 9.68. The van der Waals surface area contributed by atoms with Gasteiger partial charge < -0.3 is 15.6 Å². The first kappa shape index (κ1) is 15.3. The monoisotopic (exact) mass is 271 g/mol. The predicted octanol–water partition coefficient (Wildman–Crippen LogP) is 2.78. The van der Waals surface area contributed by atoms with Crippen LogP contribution in [0, 0.1) is 13.8 Å². The number of rotatable bonds is 5. The second kappa shape index (κ2) is 6.41. The van der Waals surface area contributed by atoms with Gasteiger partial charge in [0, 0.05) is 17.1 Å². The number of halogens is 1. The van der Waals surface area contributed by atoms with Crippen molar-refractivity contribution in [2.24, 2.45) is 5.73 Å². The zero-order chi connectivity index (χ0) is 13.9. The molecule has 0 aromatic heterocycles. The van der Waals surface area contributed by atoms with E-state index in [2.05, 4.69) is 6.92 Å². The lowest BCUT2D eigenvalue weighted by atomic mass is 9.89. The van der Waals surface area contributed by atoms with E-state index < -0.39 is 6.10 Å². The Labute approximate surface area is 114 Å². The van der Waals surface area contributed by atoms with Gasteiger partial charge in [0.25, 0.3) is 0 Å². The minimum atomic E-state index is -0.497. The van der Waals surface area contributed by atoms with Crippen molar-refractivity contribution >= 4 is 11.6 Å². The van der Waals surface area contributed by atoms with Crippen LogP contribution in [0.25, 0.3) is 0 Å². The number of hydrogen-bond donors (Lipinski definition) is 2. The molecule has 1 aromatic carbocycles. The summed E-state index contributed by atoms with van der Waals surface area (Å²) in [5.74, 6) is 1.00. The van der Waals surface area contributed by atoms with Crippen molar-refractivity contribution in [1.82, 2.24) is 0 Å². The fraction of sp³-hybridized carbons (Fsp3) is 0.571. The van der Waals surface area contributed by atoms with Gasteiger partial charge in [0.15, 0.2) is 0 Å². The Morgan fingerprint density at radius 3 is 2.56 bits per heavy atom. The lowest BCUT2D eigenvalue weighted by Crippen LogP contribution is -2.22. The van der Waals surface area contributed by atoms with Crippen molar-refractivity contribution < 1.29 is 9.84 Å². The molecule has 2 unspecified atom stereocenters. The van der Waals surface area contributed by atoms with Gasteiger partial charge in [-0.3, -0.25) is 0 Å². The van der Waals surface area contributed by atoms with Gasteiger partial charge in [-0.1, -0.05) is 18.5 Å². The summed E-state index contributed by atoms with van der Waals surface area (Å²) in [5, 5.41) is 10.4. The highest BCUT2D eigenvalue weighted by atomic mass is 35.5. The lowest BCUT2D eigenvalue weighted by molar-refractivity contribution is 0.164. The highest BCUT2D eigenvalue weighted by Gasteiger charge is 2.20. The number of benzene rings is 1. The van der Waals surface area contributed by atoms with Gasteiger partial charge in [-0.2, -0.15) is 0 Å². The molecule has 3 N–H and O–H groups in total. The van der Waals surface area contributed by atoms with Crippen molar-refractivity contribution in [1.29, 1.82) is 0 Å². The predicted molar refractivity (Wildman–Crippen MR) is 75.6 cm³/mol. The number of ether oxygens (including phenoxy) is 1. The molecule has 0 amide bonds. The van der Waals surface area contributed by atoms with E-state index in [-0.39, 0.29) is 12.5 Å². The van der Waals surface area contributed by atoms with Gasteiger partial charge in [0.1, 0.15) is 5.75 Å². The quantitative estimate of drug-likeness (QED) is 0.866. The van der Waals surface area contributed by atoms with Crippen molar-refractivity contribution in [2.75, 3.05) is 13.7 Å². The van der Waals surface area contributed by atoms with Gasteiger partial charge in [-0.05, 0) is 43.4 Å². The van der Waals surface area contributed by atoms with Gasteiger partial charge in [0.2, 0.25) is 0 Å². The van der Waals surface area contributed by atoms with Crippen LogP contribution in [0.1, 0.15) is 36.0 Å². The lowest BCUT2D eigenvalue weighted by Gasteiger charge is -2.22. The molecule has 0 radical (unpaired) electrons. The summed E-state index contributed by atoms with van der Waals surface area (Å²) in [6, 6.07) is 1.91. The SMILES string of the molecule is COc1c(C)cc(Cl)c(C)c1C(C)CC(O)CN. The van der Waals surface area contributed by atoms with Crippen LogP contribution in [0.3, 0.4) is 0 Å². The Morgan fingerprint density at radius 1 is 1.44 bits per heavy atom. The number of aliphatic hydroxyl groups is 1. The van der Waals surface area contributed by atoms with E-state index in [1.54, 1.807) is 7.11 Å². The molecule has 0 spiro atoms. The number of nitrogens with two attached hydrogens (primary N) is 1. The summed E-state index contributed by atoms with van der Waals surface area (Å²) in [4.78, 5) is 0. The molecule has 0 aliphatic rings. The Kier molecular flexibility index (Phi) is 5.45. The molecule has 0 saturated carbocycles. The molecule has 2 atom stereocenters. The van der Waals surface area contributed by atoms with Crippen molar-refractivity contribution in [3.05, 3.63) is 27.8 Å². The summed E-state index contributed by atoms with van der Waals surface area (Å²) in [6.07, 6.45) is 0.108. The molecule has 1 rings (SSSR count). The van der Waals surface area contributed by atoms with Crippen LogP contribution in [0.2, 0.25) is 5.02 Å². The Morgan fingerprint density at radius 2 is 2.06 bits per heavy atom. The maximum Gasteiger partial charge on any atom is 0.125 e. The van der Waals surface area contributed by atoms with Crippen LogP contribution < -0.4 is 10.5 Å². The van der Waals surface area contributed by atoms with Crippen LogP contribution in [-0.4, -0.2) is 24.9 Å². The van der Waals surface area contributed by atoms with Crippen molar-refractivity contribution in [3.63, 3.8) is 0 Å². The van der Waals surface area contributed by atoms with Gasteiger partial charge in [-0.25, -0.2) is 0 Å². The van der Waals surface area contributed by atoms with Gasteiger partial charge in [-0.15, -0.1) is 0 Å². The molecular formula is C14H22ClNO2. The van der Waals surface area contributed by atoms with Crippen LogP contribution in [0.4, 0.5) is 0 Å². The molecule has 18 heavy (non-hydrogen) atoms. The third-order valence-corrected chi connectivity index (χ3v) is 3.70. The zero-order valence-corrected chi connectivity index (χ0v) is 12.2. The molecule has 0 bridgehead atoms. The standard InChI is InChI=1S/C14H22ClNO2/c1-8(5-11(17)7-16)13-10(3)12(15)6-9(2)14(13)18-4/h6,8,11,17H,5,7,16H2,1-4H3. The highest BCUT2D eigenvalue weighted by Crippen LogP contribution is 2.38. The maximum atomic E-state index is 9.68. The molecule has 0 saturated heterocycles. The zero-order valence-electron chi connectivity index (χ0n) is 11.5. The second-order valence-electron chi connectivity index (χ2n) is 4.77. The van der Waals surface area contributed by atoms with Crippen molar-refractivity contribution in [2.45, 2.75) is 39.2 Å². The van der Waals surface area contributed by atoms with Crippen LogP contribution in [0.15, 0.2) is 6.07 Å². The topological polar surface area (TPSA) is 55.5 Å². The molecule has 0 aliphatic heterocycles. The molecule has 102 valence electrons. The Balaban J connectivity index is 3.20. The van der Waals surface area contributed by atoms with E-state index in [1.165, 1.54) is 0 Å². The van der Waals surface area contributed by atoms with E-state index in [0.717, 1.165) is 27.5 Å². The van der Waals surface area contributed by atoms with Crippen molar-refractivity contribution in [3.8, 4) is 5.75 Å². The first-order valence-electron chi connectivity index (χ1n) is 6.14. The summed E-state index contributed by atoms with van der Waals surface area (Å²) >= 11 is 6.22. The third-order valence-electron chi connectivity index (χ3n) is 3.30. The Bertz CT molecular complexity index is 421. The molecule has 0 fully saturated rings. The molecule has 4 heteroatoms. The summed E-state index contributed by atoms with van der Waals surface area (Å²) in [6.45, 7) is 6.27. The summed E-state index contributed by atoms with van der Waals surface area (Å²) < 4.78 is 5.48. The largest absolute Gasteiger partial charge is 0.496 e. The summed E-state index contributed by atoms with van der Waals surface area (Å²) in [5.41, 5.74) is 8.55. The van der Waals surface area contributed by atoms with Crippen LogP contribution in [0.5, 0.6) is 5.75 Å². The summed E-state index contributed by atoms with van der Waals surface area (Å²) in [7, 11) is 1.66. The average Bonchev–Trinajstić information content (AvgIpc) is 2.32. The third kappa shape index (κ3) is 3.16. The minimum Gasteiger partial charge on any atom is -0.496 e. The van der Waals surface area contributed by atoms with E-state index in [0.29, 0.717) is 6.42 Å². The number of hydrogen-bond acceptors (Lipinski definition) is 3. The fourth-order valence-electron chi connectivity index (χ4n) is 2.36. The Hall–Kier alpha value is -0.770. The first-order valence-corrected chi connectivity index (χ1v) is 6.51. The first-order chi connectivity index (χ1) is 8.42. The smallest absolute Gasteiger partial charge is 0.125 e. The highest BCUT2D eigenvalue weighted by molar-refractivity contribution is 6.31. The van der Waals surface area contributed by atoms with E-state index >= 15 is 0 Å². The molecule has 0 heterocycles. The van der Waals surface area contributed by atoms with E-state index in [4.69, 9.17) is 22.1 Å². The minimum absolute atomic E-state index is 0.149. The second-order valence-corrected chi connectivity index (χ2v) is 5.18. The molecule has 0 aliphatic carbocycles. The number of aryl methyl sites for hydroxylation is 1. The normalized spacial score (nSPS) is 14.4. The average molecular weight is 272 g/mol. The molecular weight excluding hydrogens is 250 g/mol.